The highest BCUT2D eigenvalue weighted by molar-refractivity contribution is 9.10. The van der Waals surface area contributed by atoms with Crippen molar-refractivity contribution < 1.29 is 0 Å². The predicted octanol–water partition coefficient (Wildman–Crippen LogP) is 3.52. The molecule has 0 aliphatic rings. The lowest BCUT2D eigenvalue weighted by molar-refractivity contribution is 0.941. The van der Waals surface area contributed by atoms with Crippen LogP contribution < -0.4 is 5.73 Å². The monoisotopic (exact) mass is 343 g/mol. The summed E-state index contributed by atoms with van der Waals surface area (Å²) >= 11 is 6.62. The van der Waals surface area contributed by atoms with Gasteiger partial charge in [0.1, 0.15) is 5.82 Å². The van der Waals surface area contributed by atoms with Gasteiger partial charge in [-0.3, -0.25) is 0 Å². The molecule has 0 saturated carbocycles. The maximum absolute atomic E-state index is 5.65. The Morgan fingerprint density at radius 2 is 2.28 bits per heavy atom. The van der Waals surface area contributed by atoms with E-state index in [0.717, 1.165) is 27.5 Å². The summed E-state index contributed by atoms with van der Waals surface area (Å²) in [6.45, 7) is 2.72. The first kappa shape index (κ1) is 14.0. The van der Waals surface area contributed by atoms with Crippen LogP contribution in [0, 0.1) is 0 Å². The minimum absolute atomic E-state index is 0.653. The highest BCUT2D eigenvalue weighted by Gasteiger charge is 2.08. The summed E-state index contributed by atoms with van der Waals surface area (Å²) in [4.78, 5) is 5.69. The first-order valence-electron chi connectivity index (χ1n) is 5.72. The third kappa shape index (κ3) is 3.54. The maximum atomic E-state index is 5.65. The summed E-state index contributed by atoms with van der Waals surface area (Å²) in [7, 11) is 0. The van der Waals surface area contributed by atoms with Crippen LogP contribution in [0.25, 0.3) is 0 Å². The molecule has 2 N–H and O–H groups in total. The Kier molecular flexibility index (Phi) is 5.17. The van der Waals surface area contributed by atoms with Gasteiger partial charge in [0, 0.05) is 15.8 Å². The first-order chi connectivity index (χ1) is 8.72. The number of halogens is 1. The molecule has 2 rings (SSSR count). The molecule has 0 bridgehead atoms. The number of aryl methyl sites for hydroxylation is 1. The van der Waals surface area contributed by atoms with Gasteiger partial charge < -0.3 is 5.73 Å². The number of nitrogens with two attached hydrogens (primary N) is 1. The molecule has 18 heavy (non-hydrogen) atoms. The third-order valence-corrected chi connectivity index (χ3v) is 4.80. The fourth-order valence-corrected chi connectivity index (χ4v) is 3.72. The van der Waals surface area contributed by atoms with Crippen molar-refractivity contribution in [1.29, 1.82) is 0 Å². The van der Waals surface area contributed by atoms with E-state index in [1.807, 2.05) is 6.07 Å². The molecular formula is C12H14BrN3S2. The molecular weight excluding hydrogens is 330 g/mol. The summed E-state index contributed by atoms with van der Waals surface area (Å²) in [6, 6.07) is 6.27. The maximum Gasteiger partial charge on any atom is 0.174 e. The molecule has 0 spiro atoms. The molecule has 0 unspecified atom stereocenters. The van der Waals surface area contributed by atoms with Crippen molar-refractivity contribution in [2.45, 2.75) is 29.0 Å². The molecule has 1 aromatic carbocycles. The molecule has 6 heteroatoms. The van der Waals surface area contributed by atoms with Gasteiger partial charge in [0.25, 0.3) is 0 Å². The van der Waals surface area contributed by atoms with Crippen molar-refractivity contribution in [3.05, 3.63) is 34.1 Å². The van der Waals surface area contributed by atoms with Crippen LogP contribution in [0.3, 0.4) is 0 Å². The fourth-order valence-electron chi connectivity index (χ4n) is 1.52. The normalized spacial score (nSPS) is 10.8. The summed E-state index contributed by atoms with van der Waals surface area (Å²) in [5.41, 5.74) is 6.90. The van der Waals surface area contributed by atoms with E-state index in [0.29, 0.717) is 6.54 Å². The van der Waals surface area contributed by atoms with E-state index in [1.165, 1.54) is 22.0 Å². The van der Waals surface area contributed by atoms with E-state index >= 15 is 0 Å². The van der Waals surface area contributed by atoms with Crippen molar-refractivity contribution in [2.75, 3.05) is 6.54 Å². The van der Waals surface area contributed by atoms with E-state index in [2.05, 4.69) is 44.3 Å². The highest BCUT2D eigenvalue weighted by atomic mass is 79.9. The van der Waals surface area contributed by atoms with E-state index in [1.54, 1.807) is 11.8 Å². The van der Waals surface area contributed by atoms with Gasteiger partial charge >= 0.3 is 0 Å². The molecule has 0 fully saturated rings. The fraction of sp³-hybridized carbons (Fsp3) is 0.333. The average molecular weight is 344 g/mol. The van der Waals surface area contributed by atoms with Gasteiger partial charge in [-0.05, 0) is 48.3 Å². The lowest BCUT2D eigenvalue weighted by Gasteiger charge is -2.07. The summed E-state index contributed by atoms with van der Waals surface area (Å²) in [5, 5.41) is 0. The van der Waals surface area contributed by atoms with Crippen LogP contribution in [0.4, 0.5) is 0 Å². The van der Waals surface area contributed by atoms with Gasteiger partial charge in [0.2, 0.25) is 0 Å². The van der Waals surface area contributed by atoms with Crippen molar-refractivity contribution >= 4 is 39.2 Å². The lowest BCUT2D eigenvalue weighted by Crippen LogP contribution is -2.03. The van der Waals surface area contributed by atoms with E-state index < -0.39 is 0 Å². The van der Waals surface area contributed by atoms with Crippen LogP contribution in [-0.2, 0) is 12.8 Å². The molecule has 0 aliphatic heterocycles. The standard InChI is InChI=1S/C12H14BrN3S2/c1-2-11-15-12(18-16-11)17-10-4-3-9(13)7-8(10)5-6-14/h3-4,7H,2,5-6,14H2,1H3. The van der Waals surface area contributed by atoms with Gasteiger partial charge in [-0.25, -0.2) is 4.98 Å². The molecule has 0 atom stereocenters. The SMILES string of the molecule is CCc1nsc(Sc2ccc(Br)cc2CCN)n1. The summed E-state index contributed by atoms with van der Waals surface area (Å²) < 4.78 is 6.38. The van der Waals surface area contributed by atoms with E-state index in [-0.39, 0.29) is 0 Å². The topological polar surface area (TPSA) is 51.8 Å². The molecule has 96 valence electrons. The van der Waals surface area contributed by atoms with Crippen LogP contribution in [-0.4, -0.2) is 15.9 Å². The number of aromatic nitrogens is 2. The largest absolute Gasteiger partial charge is 0.330 e. The molecule has 0 amide bonds. The third-order valence-electron chi connectivity index (χ3n) is 2.40. The van der Waals surface area contributed by atoms with Gasteiger partial charge in [0.05, 0.1) is 0 Å². The molecule has 3 nitrogen and oxygen atoms in total. The van der Waals surface area contributed by atoms with E-state index in [9.17, 15) is 0 Å². The van der Waals surface area contributed by atoms with E-state index in [4.69, 9.17) is 5.73 Å². The molecule has 0 aliphatic carbocycles. The van der Waals surface area contributed by atoms with Crippen LogP contribution in [0.15, 0.2) is 31.9 Å². The Balaban J connectivity index is 2.22. The minimum atomic E-state index is 0.653. The van der Waals surface area contributed by atoms with Crippen molar-refractivity contribution in [3.63, 3.8) is 0 Å². The number of hydrogen-bond acceptors (Lipinski definition) is 5. The van der Waals surface area contributed by atoms with Crippen LogP contribution in [0.1, 0.15) is 18.3 Å². The number of hydrogen-bond donors (Lipinski definition) is 1. The Morgan fingerprint density at radius 1 is 1.44 bits per heavy atom. The quantitative estimate of drug-likeness (QED) is 0.902. The predicted molar refractivity (Wildman–Crippen MR) is 80.3 cm³/mol. The number of rotatable bonds is 5. The average Bonchev–Trinajstić information content (AvgIpc) is 2.81. The highest BCUT2D eigenvalue weighted by Crippen LogP contribution is 2.33. The Labute approximate surface area is 123 Å². The van der Waals surface area contributed by atoms with Crippen LogP contribution in [0.5, 0.6) is 0 Å². The van der Waals surface area contributed by atoms with Crippen molar-refractivity contribution in [2.24, 2.45) is 5.73 Å². The number of nitrogens with zero attached hydrogens (tertiary/aromatic N) is 2. The second kappa shape index (κ2) is 6.65. The Bertz CT molecular complexity index is 528. The van der Waals surface area contributed by atoms with Gasteiger partial charge in [-0.15, -0.1) is 0 Å². The Hall–Kier alpha value is -0.430. The zero-order chi connectivity index (χ0) is 13.0. The molecule has 1 aromatic heterocycles. The van der Waals surface area contributed by atoms with Crippen molar-refractivity contribution in [1.82, 2.24) is 9.36 Å². The number of benzene rings is 1. The Morgan fingerprint density at radius 3 is 2.94 bits per heavy atom. The zero-order valence-electron chi connectivity index (χ0n) is 10.0. The molecule has 2 aromatic rings. The van der Waals surface area contributed by atoms with Gasteiger partial charge in [0.15, 0.2) is 4.34 Å². The second-order valence-corrected chi connectivity index (χ2v) is 6.68. The minimum Gasteiger partial charge on any atom is -0.330 e. The zero-order valence-corrected chi connectivity index (χ0v) is 13.2. The molecule has 0 radical (unpaired) electrons. The lowest BCUT2D eigenvalue weighted by atomic mass is 10.1. The molecule has 1 heterocycles. The first-order valence-corrected chi connectivity index (χ1v) is 8.10. The van der Waals surface area contributed by atoms with Crippen LogP contribution in [0.2, 0.25) is 0 Å². The summed E-state index contributed by atoms with van der Waals surface area (Å²) in [5.74, 6) is 0.917. The summed E-state index contributed by atoms with van der Waals surface area (Å²) in [6.07, 6.45) is 1.76. The molecule has 0 saturated heterocycles. The van der Waals surface area contributed by atoms with Crippen molar-refractivity contribution in [3.8, 4) is 0 Å². The van der Waals surface area contributed by atoms with Crippen LogP contribution >= 0.6 is 39.2 Å². The smallest absolute Gasteiger partial charge is 0.174 e. The second-order valence-electron chi connectivity index (χ2n) is 3.72. The van der Waals surface area contributed by atoms with Gasteiger partial charge in [-0.1, -0.05) is 34.6 Å². The van der Waals surface area contributed by atoms with Gasteiger partial charge in [-0.2, -0.15) is 4.37 Å².